The summed E-state index contributed by atoms with van der Waals surface area (Å²) < 4.78 is 5.63. The van der Waals surface area contributed by atoms with Gasteiger partial charge >= 0.3 is 0 Å². The van der Waals surface area contributed by atoms with E-state index in [-0.39, 0.29) is 35.3 Å². The van der Waals surface area contributed by atoms with Gasteiger partial charge in [-0.1, -0.05) is 30.3 Å². The van der Waals surface area contributed by atoms with Crippen LogP contribution in [0.1, 0.15) is 37.7 Å². The number of hydrogen-bond acceptors (Lipinski definition) is 3. The number of nitrogens with two attached hydrogens (primary N) is 1. The van der Waals surface area contributed by atoms with Crippen LogP contribution in [0.4, 0.5) is 0 Å². The number of likely N-dealkylation sites (tertiary alicyclic amines) is 1. The highest BCUT2D eigenvalue weighted by atomic mass is 127. The summed E-state index contributed by atoms with van der Waals surface area (Å²) in [6.07, 6.45) is 4.59. The fourth-order valence-corrected chi connectivity index (χ4v) is 4.41. The molecule has 2 heterocycles. The van der Waals surface area contributed by atoms with Crippen molar-refractivity contribution in [1.29, 1.82) is 0 Å². The summed E-state index contributed by atoms with van der Waals surface area (Å²) in [5.41, 5.74) is 6.83. The summed E-state index contributed by atoms with van der Waals surface area (Å²) in [6, 6.07) is 10.7. The SMILES string of the molecule is CN=C(NCC1(c2ccccc2)CCOCC1)N1CCCC(CC(N)=O)C1.I. The van der Waals surface area contributed by atoms with Crippen molar-refractivity contribution in [2.24, 2.45) is 16.6 Å². The van der Waals surface area contributed by atoms with E-state index in [0.717, 1.165) is 64.5 Å². The minimum atomic E-state index is -0.213. The Balaban J connectivity index is 0.00000280. The van der Waals surface area contributed by atoms with Gasteiger partial charge in [0.15, 0.2) is 5.96 Å². The van der Waals surface area contributed by atoms with Crippen LogP contribution in [0.2, 0.25) is 0 Å². The molecule has 1 amide bonds. The Labute approximate surface area is 185 Å². The molecule has 2 saturated heterocycles. The number of rotatable bonds is 5. The van der Waals surface area contributed by atoms with Gasteiger partial charge in [-0.25, -0.2) is 0 Å². The molecule has 1 atom stereocenters. The highest BCUT2D eigenvalue weighted by Crippen LogP contribution is 2.34. The molecule has 3 N–H and O–H groups in total. The fraction of sp³-hybridized carbons (Fsp3) is 0.619. The predicted octanol–water partition coefficient (Wildman–Crippen LogP) is 2.52. The van der Waals surface area contributed by atoms with Gasteiger partial charge in [0.05, 0.1) is 0 Å². The van der Waals surface area contributed by atoms with Crippen molar-refractivity contribution in [2.75, 3.05) is 39.9 Å². The Morgan fingerprint density at radius 1 is 1.32 bits per heavy atom. The molecular formula is C21H33IN4O2. The van der Waals surface area contributed by atoms with E-state index in [2.05, 4.69) is 45.5 Å². The van der Waals surface area contributed by atoms with E-state index in [4.69, 9.17) is 10.5 Å². The van der Waals surface area contributed by atoms with Gasteiger partial charge in [0.25, 0.3) is 0 Å². The maximum absolute atomic E-state index is 11.3. The Morgan fingerprint density at radius 3 is 2.68 bits per heavy atom. The topological polar surface area (TPSA) is 80.0 Å². The van der Waals surface area contributed by atoms with Crippen molar-refractivity contribution >= 4 is 35.8 Å². The smallest absolute Gasteiger partial charge is 0.217 e. The first-order valence-electron chi connectivity index (χ1n) is 10.0. The summed E-state index contributed by atoms with van der Waals surface area (Å²) in [5, 5.41) is 3.63. The number of ether oxygens (including phenoxy) is 1. The van der Waals surface area contributed by atoms with E-state index in [1.54, 1.807) is 0 Å². The van der Waals surface area contributed by atoms with Crippen LogP contribution in [-0.2, 0) is 14.9 Å². The van der Waals surface area contributed by atoms with Crippen molar-refractivity contribution in [1.82, 2.24) is 10.2 Å². The first kappa shape index (κ1) is 22.9. The number of carbonyl (C=O) groups is 1. The van der Waals surface area contributed by atoms with E-state index >= 15 is 0 Å². The van der Waals surface area contributed by atoms with Crippen molar-refractivity contribution in [3.05, 3.63) is 35.9 Å². The molecule has 0 radical (unpaired) electrons. The molecule has 0 saturated carbocycles. The Kier molecular flexibility index (Phi) is 9.01. The lowest BCUT2D eigenvalue weighted by Gasteiger charge is -2.40. The number of amides is 1. The molecule has 7 heteroatoms. The quantitative estimate of drug-likeness (QED) is 0.370. The lowest BCUT2D eigenvalue weighted by molar-refractivity contribution is -0.119. The Morgan fingerprint density at radius 2 is 2.04 bits per heavy atom. The molecule has 0 spiro atoms. The van der Waals surface area contributed by atoms with Gasteiger partial charge in [-0.2, -0.15) is 0 Å². The minimum absolute atomic E-state index is 0. The lowest BCUT2D eigenvalue weighted by atomic mass is 9.74. The molecule has 6 nitrogen and oxygen atoms in total. The van der Waals surface area contributed by atoms with Crippen LogP contribution < -0.4 is 11.1 Å². The second-order valence-electron chi connectivity index (χ2n) is 7.78. The lowest BCUT2D eigenvalue weighted by Crippen LogP contribution is -2.51. The molecule has 0 aliphatic carbocycles. The first-order valence-corrected chi connectivity index (χ1v) is 10.0. The van der Waals surface area contributed by atoms with Crippen LogP contribution in [0.5, 0.6) is 0 Å². The number of benzene rings is 1. The zero-order valence-corrected chi connectivity index (χ0v) is 19.1. The van der Waals surface area contributed by atoms with Gasteiger partial charge in [0.1, 0.15) is 0 Å². The van der Waals surface area contributed by atoms with E-state index in [1.165, 1.54) is 5.56 Å². The second-order valence-corrected chi connectivity index (χ2v) is 7.78. The summed E-state index contributed by atoms with van der Waals surface area (Å²) in [4.78, 5) is 18.1. The van der Waals surface area contributed by atoms with Gasteiger partial charge in [-0.05, 0) is 37.2 Å². The maximum atomic E-state index is 11.3. The zero-order valence-electron chi connectivity index (χ0n) is 16.7. The number of nitrogens with one attached hydrogen (secondary N) is 1. The third kappa shape index (κ3) is 5.83. The largest absolute Gasteiger partial charge is 0.381 e. The van der Waals surface area contributed by atoms with E-state index in [0.29, 0.717) is 12.3 Å². The average molecular weight is 500 g/mol. The number of piperidine rings is 1. The summed E-state index contributed by atoms with van der Waals surface area (Å²) >= 11 is 0. The van der Waals surface area contributed by atoms with Crippen molar-refractivity contribution < 1.29 is 9.53 Å². The molecule has 1 unspecified atom stereocenters. The van der Waals surface area contributed by atoms with Crippen LogP contribution in [0.15, 0.2) is 35.3 Å². The molecule has 2 aliphatic rings. The van der Waals surface area contributed by atoms with Gasteiger partial charge in [0, 0.05) is 51.7 Å². The highest BCUT2D eigenvalue weighted by Gasteiger charge is 2.35. The number of halogens is 1. The van der Waals surface area contributed by atoms with E-state index in [1.807, 2.05) is 7.05 Å². The summed E-state index contributed by atoms with van der Waals surface area (Å²) in [6.45, 7) is 4.23. The van der Waals surface area contributed by atoms with E-state index < -0.39 is 0 Å². The molecule has 1 aromatic carbocycles. The maximum Gasteiger partial charge on any atom is 0.217 e. The predicted molar refractivity (Wildman–Crippen MR) is 123 cm³/mol. The van der Waals surface area contributed by atoms with Crippen molar-refractivity contribution in [2.45, 2.75) is 37.5 Å². The number of nitrogens with zero attached hydrogens (tertiary/aromatic N) is 2. The molecule has 1 aromatic rings. The van der Waals surface area contributed by atoms with Gasteiger partial charge in [0.2, 0.25) is 5.91 Å². The highest BCUT2D eigenvalue weighted by molar-refractivity contribution is 14.0. The summed E-state index contributed by atoms with van der Waals surface area (Å²) in [7, 11) is 1.83. The molecule has 0 bridgehead atoms. The Bertz CT molecular complexity index is 647. The number of primary amides is 1. The molecular weight excluding hydrogens is 467 g/mol. The number of hydrogen-bond donors (Lipinski definition) is 2. The molecule has 0 aromatic heterocycles. The molecule has 156 valence electrons. The minimum Gasteiger partial charge on any atom is -0.381 e. The Hall–Kier alpha value is -1.35. The molecule has 2 fully saturated rings. The van der Waals surface area contributed by atoms with Crippen molar-refractivity contribution in [3.8, 4) is 0 Å². The zero-order chi connectivity index (χ0) is 19.1. The summed E-state index contributed by atoms with van der Waals surface area (Å²) in [5.74, 6) is 1.03. The number of carbonyl (C=O) groups excluding carboxylic acids is 1. The molecule has 2 aliphatic heterocycles. The first-order chi connectivity index (χ1) is 13.1. The average Bonchev–Trinajstić information content (AvgIpc) is 2.70. The van der Waals surface area contributed by atoms with Gasteiger partial charge in [-0.15, -0.1) is 24.0 Å². The third-order valence-corrected chi connectivity index (χ3v) is 5.94. The normalized spacial score (nSPS) is 22.2. The van der Waals surface area contributed by atoms with Crippen LogP contribution in [0.3, 0.4) is 0 Å². The monoisotopic (exact) mass is 500 g/mol. The van der Waals surface area contributed by atoms with Crippen LogP contribution >= 0.6 is 24.0 Å². The molecule has 28 heavy (non-hydrogen) atoms. The molecule has 3 rings (SSSR count). The van der Waals surface area contributed by atoms with Gasteiger partial charge in [-0.3, -0.25) is 9.79 Å². The fourth-order valence-electron chi connectivity index (χ4n) is 4.41. The third-order valence-electron chi connectivity index (χ3n) is 5.94. The van der Waals surface area contributed by atoms with Gasteiger partial charge < -0.3 is 20.7 Å². The van der Waals surface area contributed by atoms with Crippen molar-refractivity contribution in [3.63, 3.8) is 0 Å². The number of guanidine groups is 1. The van der Waals surface area contributed by atoms with Crippen LogP contribution in [-0.4, -0.2) is 56.7 Å². The standard InChI is InChI=1S/C21H32N4O2.HI/c1-23-20(25-11-5-6-17(15-25)14-19(22)26)24-16-21(9-12-27-13-10-21)18-7-3-2-4-8-18;/h2-4,7-8,17H,5-6,9-16H2,1H3,(H2,22,26)(H,23,24);1H. The van der Waals surface area contributed by atoms with E-state index in [9.17, 15) is 4.79 Å². The van der Waals surface area contributed by atoms with Crippen LogP contribution in [0, 0.1) is 5.92 Å². The number of aliphatic imine (C=N–C) groups is 1. The second kappa shape index (κ2) is 11.0. The van der Waals surface area contributed by atoms with Crippen LogP contribution in [0.25, 0.3) is 0 Å².